The third-order valence-electron chi connectivity index (χ3n) is 2.73. The number of halogens is 3. The van der Waals surface area contributed by atoms with E-state index in [0.29, 0.717) is 0 Å². The molecule has 0 atom stereocenters. The van der Waals surface area contributed by atoms with Crippen molar-refractivity contribution in [1.29, 1.82) is 0 Å². The van der Waals surface area contributed by atoms with Gasteiger partial charge in [0.05, 0.1) is 16.2 Å². The zero-order chi connectivity index (χ0) is 19.1. The Hall–Kier alpha value is -2.95. The molecule has 0 N–H and O–H groups in total. The summed E-state index contributed by atoms with van der Waals surface area (Å²) in [5.41, 5.74) is -3.27. The van der Waals surface area contributed by atoms with Crippen molar-refractivity contribution in [2.24, 2.45) is 4.99 Å². The summed E-state index contributed by atoms with van der Waals surface area (Å²) in [7, 11) is 0. The van der Waals surface area contributed by atoms with Crippen molar-refractivity contribution in [3.8, 4) is 12.3 Å². The number of carbonyl (C=O) groups excluding carboxylic acids is 1. The minimum atomic E-state index is -4.74. The zero-order valence-corrected chi connectivity index (χ0v) is 13.3. The number of hydrogen-bond acceptors (Lipinski definition) is 4. The number of terminal acetylenes is 1. The SMILES string of the molecule is C#C\C(C(C)=O)=C(/C=C(C)/C(N=C)=C(/C=C\C)C(F)(F)F)[N+](=O)[O-]. The Morgan fingerprint density at radius 2 is 1.92 bits per heavy atom. The van der Waals surface area contributed by atoms with Crippen LogP contribution in [-0.4, -0.2) is 23.6 Å². The molecule has 0 heterocycles. The summed E-state index contributed by atoms with van der Waals surface area (Å²) in [6.45, 7) is 6.65. The number of nitrogens with zero attached hydrogens (tertiary/aromatic N) is 2. The lowest BCUT2D eigenvalue weighted by Crippen LogP contribution is -2.13. The number of carbonyl (C=O) groups is 1. The molecule has 0 spiro atoms. The van der Waals surface area contributed by atoms with Crippen LogP contribution < -0.4 is 0 Å². The summed E-state index contributed by atoms with van der Waals surface area (Å²) in [5, 5.41) is 11.1. The van der Waals surface area contributed by atoms with Crippen LogP contribution in [0.3, 0.4) is 0 Å². The van der Waals surface area contributed by atoms with Gasteiger partial charge >= 0.3 is 6.18 Å². The fourth-order valence-electron chi connectivity index (χ4n) is 1.74. The van der Waals surface area contributed by atoms with Gasteiger partial charge in [0.15, 0.2) is 5.78 Å². The molecule has 128 valence electrons. The Balaban J connectivity index is 6.67. The Labute approximate surface area is 137 Å². The molecule has 0 radical (unpaired) electrons. The average Bonchev–Trinajstić information content (AvgIpc) is 2.45. The van der Waals surface area contributed by atoms with Gasteiger partial charge in [-0.05, 0) is 26.1 Å². The minimum Gasteiger partial charge on any atom is -0.294 e. The van der Waals surface area contributed by atoms with Crippen LogP contribution in [0.5, 0.6) is 0 Å². The predicted molar refractivity (Wildman–Crippen MR) is 84.7 cm³/mol. The number of ketones is 1. The Morgan fingerprint density at radius 1 is 1.38 bits per heavy atom. The molecule has 0 aliphatic heterocycles. The average molecular weight is 340 g/mol. The van der Waals surface area contributed by atoms with E-state index in [0.717, 1.165) is 25.2 Å². The van der Waals surface area contributed by atoms with Crippen molar-refractivity contribution in [2.45, 2.75) is 26.9 Å². The van der Waals surface area contributed by atoms with Crippen LogP contribution in [0.1, 0.15) is 20.8 Å². The molecule has 0 fully saturated rings. The Kier molecular flexibility index (Phi) is 7.56. The molecule has 0 aromatic carbocycles. The first-order valence-electron chi connectivity index (χ1n) is 6.47. The largest absolute Gasteiger partial charge is 0.418 e. The maximum Gasteiger partial charge on any atom is 0.418 e. The summed E-state index contributed by atoms with van der Waals surface area (Å²) in [4.78, 5) is 24.8. The number of hydrogen-bond donors (Lipinski definition) is 0. The van der Waals surface area contributed by atoms with E-state index in [1.54, 1.807) is 0 Å². The number of allylic oxidation sites excluding steroid dienone is 6. The fraction of sp³-hybridized carbons (Fsp3) is 0.250. The van der Waals surface area contributed by atoms with Crippen LogP contribution in [0.25, 0.3) is 0 Å². The van der Waals surface area contributed by atoms with Crippen molar-refractivity contribution in [1.82, 2.24) is 0 Å². The first-order valence-corrected chi connectivity index (χ1v) is 6.47. The molecule has 5 nitrogen and oxygen atoms in total. The molecular weight excluding hydrogens is 325 g/mol. The molecule has 0 aromatic rings. The predicted octanol–water partition coefficient (Wildman–Crippen LogP) is 3.78. The number of aliphatic imine (C=N–C) groups is 1. The second-order valence-electron chi connectivity index (χ2n) is 4.46. The maximum absolute atomic E-state index is 13.1. The van der Waals surface area contributed by atoms with Crippen molar-refractivity contribution >= 4 is 12.5 Å². The lowest BCUT2D eigenvalue weighted by molar-refractivity contribution is -0.419. The molecule has 0 unspecified atom stereocenters. The molecule has 8 heteroatoms. The van der Waals surface area contributed by atoms with Gasteiger partial charge < -0.3 is 0 Å². The molecule has 0 saturated carbocycles. The number of rotatable bonds is 6. The quantitative estimate of drug-likeness (QED) is 0.184. The standard InChI is InChI=1S/C16H15F3N2O3/c1-6-8-13(16(17,18)19)15(20-5)10(3)9-14(21(23)24)12(7-2)11(4)22/h2,6,8-9H,5H2,1,3-4H3/b8-6-,10-9+,14-12-,15-13+. The highest BCUT2D eigenvalue weighted by atomic mass is 19.4. The summed E-state index contributed by atoms with van der Waals surface area (Å²) in [5.74, 6) is 1.12. The second kappa shape index (κ2) is 8.62. The van der Waals surface area contributed by atoms with Gasteiger partial charge in [-0.1, -0.05) is 18.1 Å². The first-order chi connectivity index (χ1) is 11.0. The maximum atomic E-state index is 13.1. The van der Waals surface area contributed by atoms with Gasteiger partial charge in [0.1, 0.15) is 5.57 Å². The molecule has 0 aliphatic carbocycles. The van der Waals surface area contributed by atoms with Crippen LogP contribution >= 0.6 is 0 Å². The third kappa shape index (κ3) is 5.35. The van der Waals surface area contributed by atoms with Crippen molar-refractivity contribution < 1.29 is 22.9 Å². The Morgan fingerprint density at radius 3 is 2.21 bits per heavy atom. The summed E-state index contributed by atoms with van der Waals surface area (Å²) >= 11 is 0. The highest BCUT2D eigenvalue weighted by Gasteiger charge is 2.35. The van der Waals surface area contributed by atoms with Gasteiger partial charge in [-0.3, -0.25) is 19.9 Å². The van der Waals surface area contributed by atoms with Gasteiger partial charge in [-0.2, -0.15) is 13.2 Å². The van der Waals surface area contributed by atoms with E-state index in [-0.39, 0.29) is 5.57 Å². The van der Waals surface area contributed by atoms with Gasteiger partial charge in [0, 0.05) is 13.0 Å². The van der Waals surface area contributed by atoms with Crippen LogP contribution in [0.2, 0.25) is 0 Å². The molecule has 0 amide bonds. The number of alkyl halides is 3. The van der Waals surface area contributed by atoms with Gasteiger partial charge in [-0.15, -0.1) is 6.42 Å². The second-order valence-corrected chi connectivity index (χ2v) is 4.46. The number of nitro groups is 1. The molecule has 0 saturated heterocycles. The highest BCUT2D eigenvalue weighted by Crippen LogP contribution is 2.33. The third-order valence-corrected chi connectivity index (χ3v) is 2.73. The van der Waals surface area contributed by atoms with E-state index in [2.05, 4.69) is 11.7 Å². The van der Waals surface area contributed by atoms with E-state index in [1.165, 1.54) is 13.8 Å². The minimum absolute atomic E-state index is 0.212. The van der Waals surface area contributed by atoms with E-state index >= 15 is 0 Å². The molecule has 0 rings (SSSR count). The van der Waals surface area contributed by atoms with Crippen LogP contribution in [0, 0.1) is 22.5 Å². The van der Waals surface area contributed by atoms with E-state index in [9.17, 15) is 28.1 Å². The first kappa shape index (κ1) is 21.0. The molecule has 0 aromatic heterocycles. The van der Waals surface area contributed by atoms with Crippen LogP contribution in [-0.2, 0) is 4.79 Å². The lowest BCUT2D eigenvalue weighted by atomic mass is 10.0. The topological polar surface area (TPSA) is 72.6 Å². The van der Waals surface area contributed by atoms with Gasteiger partial charge in [0.2, 0.25) is 0 Å². The van der Waals surface area contributed by atoms with Crippen LogP contribution in [0.15, 0.2) is 51.3 Å². The summed E-state index contributed by atoms with van der Waals surface area (Å²) in [6, 6.07) is 0. The van der Waals surface area contributed by atoms with Gasteiger partial charge in [-0.25, -0.2) is 0 Å². The van der Waals surface area contributed by atoms with Gasteiger partial charge in [0.25, 0.3) is 5.70 Å². The normalized spacial score (nSPS) is 14.6. The lowest BCUT2D eigenvalue weighted by Gasteiger charge is -2.12. The van der Waals surface area contributed by atoms with Crippen LogP contribution in [0.4, 0.5) is 13.2 Å². The Bertz CT molecular complexity index is 718. The molecular formula is C16H15F3N2O3. The van der Waals surface area contributed by atoms with E-state index in [1.807, 2.05) is 5.92 Å². The van der Waals surface area contributed by atoms with Crippen molar-refractivity contribution in [3.63, 3.8) is 0 Å². The molecule has 0 aliphatic rings. The van der Waals surface area contributed by atoms with Crippen molar-refractivity contribution in [3.05, 3.63) is 56.5 Å². The summed E-state index contributed by atoms with van der Waals surface area (Å²) in [6.07, 6.45) is 3.02. The fourth-order valence-corrected chi connectivity index (χ4v) is 1.74. The summed E-state index contributed by atoms with van der Waals surface area (Å²) < 4.78 is 39.3. The molecule has 0 bridgehead atoms. The smallest absolute Gasteiger partial charge is 0.294 e. The van der Waals surface area contributed by atoms with Crippen molar-refractivity contribution in [2.75, 3.05) is 0 Å². The zero-order valence-electron chi connectivity index (χ0n) is 13.3. The highest BCUT2D eigenvalue weighted by molar-refractivity contribution is 5.98. The van der Waals surface area contributed by atoms with E-state index in [4.69, 9.17) is 6.42 Å². The monoisotopic (exact) mass is 340 g/mol. The van der Waals surface area contributed by atoms with E-state index < -0.39 is 39.4 Å². The molecule has 24 heavy (non-hydrogen) atoms. The number of Topliss-reactive ketones (excluding diaryl/α,β-unsaturated/α-hetero) is 1.